The molecule has 0 aromatic carbocycles. The van der Waals surface area contributed by atoms with E-state index in [4.69, 9.17) is 4.74 Å². The zero-order valence-corrected chi connectivity index (χ0v) is 12.8. The maximum atomic E-state index is 11.3. The van der Waals surface area contributed by atoms with Gasteiger partial charge in [-0.1, -0.05) is 20.8 Å². The van der Waals surface area contributed by atoms with Crippen LogP contribution in [0.5, 0.6) is 0 Å². The molecule has 0 aromatic heterocycles. The van der Waals surface area contributed by atoms with Crippen molar-refractivity contribution in [3.8, 4) is 0 Å². The highest BCUT2D eigenvalue weighted by Crippen LogP contribution is 2.42. The minimum absolute atomic E-state index is 0.152. The van der Waals surface area contributed by atoms with Gasteiger partial charge in [-0.05, 0) is 26.3 Å². The van der Waals surface area contributed by atoms with Crippen molar-refractivity contribution in [2.45, 2.75) is 52.7 Å². The maximum absolute atomic E-state index is 11.3. The number of ether oxygens (including phenoxy) is 1. The molecule has 1 aliphatic rings. The summed E-state index contributed by atoms with van der Waals surface area (Å²) in [6.45, 7) is 9.66. The van der Waals surface area contributed by atoms with Crippen molar-refractivity contribution in [3.63, 3.8) is 0 Å². The molecule has 5 heteroatoms. The first-order chi connectivity index (χ1) is 8.33. The lowest BCUT2D eigenvalue weighted by Crippen LogP contribution is -2.61. The van der Waals surface area contributed by atoms with E-state index < -0.39 is 9.84 Å². The van der Waals surface area contributed by atoms with Crippen LogP contribution in [0, 0.1) is 5.41 Å². The van der Waals surface area contributed by atoms with Gasteiger partial charge >= 0.3 is 0 Å². The first kappa shape index (κ1) is 15.9. The van der Waals surface area contributed by atoms with Gasteiger partial charge in [0.25, 0.3) is 0 Å². The third kappa shape index (κ3) is 3.93. The Hall–Kier alpha value is -0.130. The van der Waals surface area contributed by atoms with E-state index in [9.17, 15) is 8.42 Å². The summed E-state index contributed by atoms with van der Waals surface area (Å²) >= 11 is 0. The van der Waals surface area contributed by atoms with Crippen molar-refractivity contribution in [1.29, 1.82) is 0 Å². The van der Waals surface area contributed by atoms with E-state index in [0.29, 0.717) is 24.3 Å². The number of sulfone groups is 1. The molecule has 0 aromatic rings. The molecule has 1 aliphatic carbocycles. The van der Waals surface area contributed by atoms with Gasteiger partial charge in [-0.3, -0.25) is 0 Å². The van der Waals surface area contributed by atoms with Crippen molar-refractivity contribution in [1.82, 2.24) is 5.32 Å². The van der Waals surface area contributed by atoms with Crippen LogP contribution < -0.4 is 5.32 Å². The van der Waals surface area contributed by atoms with Gasteiger partial charge in [0.1, 0.15) is 9.84 Å². The fourth-order valence-electron chi connectivity index (χ4n) is 2.43. The summed E-state index contributed by atoms with van der Waals surface area (Å²) in [5.41, 5.74) is 0.152. The first-order valence-electron chi connectivity index (χ1n) is 6.89. The molecule has 0 amide bonds. The third-order valence-electron chi connectivity index (χ3n) is 4.01. The molecule has 1 fully saturated rings. The lowest BCUT2D eigenvalue weighted by molar-refractivity contribution is -0.113. The standard InChI is InChI=1S/C13H27NO3S/c1-5-17-12-10-11(13(12,3)4)14-8-7-9-18(15,16)6-2/h11-12,14H,5-10H2,1-4H3. The predicted octanol–water partition coefficient (Wildman–Crippen LogP) is 1.60. The molecule has 0 saturated heterocycles. The molecule has 0 bridgehead atoms. The van der Waals surface area contributed by atoms with Crippen molar-refractivity contribution in [3.05, 3.63) is 0 Å². The van der Waals surface area contributed by atoms with Crippen molar-refractivity contribution in [2.75, 3.05) is 24.7 Å². The minimum Gasteiger partial charge on any atom is -0.378 e. The smallest absolute Gasteiger partial charge is 0.150 e. The minimum atomic E-state index is -2.82. The van der Waals surface area contributed by atoms with E-state index in [1.54, 1.807) is 6.92 Å². The van der Waals surface area contributed by atoms with Gasteiger partial charge in [-0.25, -0.2) is 8.42 Å². The SMILES string of the molecule is CCOC1CC(NCCCS(=O)(=O)CC)C1(C)C. The van der Waals surface area contributed by atoms with Crippen molar-refractivity contribution < 1.29 is 13.2 Å². The summed E-state index contributed by atoms with van der Waals surface area (Å²) in [4.78, 5) is 0. The Morgan fingerprint density at radius 2 is 2.00 bits per heavy atom. The zero-order valence-electron chi connectivity index (χ0n) is 12.0. The molecule has 4 nitrogen and oxygen atoms in total. The fourth-order valence-corrected chi connectivity index (χ4v) is 3.30. The molecular weight excluding hydrogens is 250 g/mol. The van der Waals surface area contributed by atoms with E-state index in [0.717, 1.165) is 19.6 Å². The van der Waals surface area contributed by atoms with Gasteiger partial charge in [0.15, 0.2) is 0 Å². The van der Waals surface area contributed by atoms with Crippen LogP contribution in [0.1, 0.15) is 40.5 Å². The fraction of sp³-hybridized carbons (Fsp3) is 1.00. The molecule has 108 valence electrons. The van der Waals surface area contributed by atoms with E-state index in [1.165, 1.54) is 0 Å². The van der Waals surface area contributed by atoms with E-state index >= 15 is 0 Å². The van der Waals surface area contributed by atoms with Crippen molar-refractivity contribution in [2.24, 2.45) is 5.41 Å². The summed E-state index contributed by atoms with van der Waals surface area (Å²) in [5, 5.41) is 3.45. The molecule has 2 atom stereocenters. The Bertz CT molecular complexity index is 351. The van der Waals surface area contributed by atoms with E-state index in [-0.39, 0.29) is 11.2 Å². The van der Waals surface area contributed by atoms with Crippen LogP contribution in [0.4, 0.5) is 0 Å². The number of nitrogens with one attached hydrogen (secondary N) is 1. The maximum Gasteiger partial charge on any atom is 0.150 e. The summed E-state index contributed by atoms with van der Waals surface area (Å²) in [6.07, 6.45) is 2.06. The predicted molar refractivity (Wildman–Crippen MR) is 74.5 cm³/mol. The molecule has 1 rings (SSSR count). The normalized spacial score (nSPS) is 26.9. The van der Waals surface area contributed by atoms with Crippen LogP contribution in [-0.4, -0.2) is 45.2 Å². The van der Waals surface area contributed by atoms with Crippen LogP contribution in [-0.2, 0) is 14.6 Å². The zero-order chi connectivity index (χ0) is 13.8. The molecule has 0 radical (unpaired) electrons. The van der Waals surface area contributed by atoms with Crippen molar-refractivity contribution >= 4 is 9.84 Å². The summed E-state index contributed by atoms with van der Waals surface area (Å²) in [5.74, 6) is 0.535. The molecule has 0 spiro atoms. The van der Waals surface area contributed by atoms with Gasteiger partial charge in [0.05, 0.1) is 11.9 Å². The number of hydrogen-bond acceptors (Lipinski definition) is 4. The summed E-state index contributed by atoms with van der Waals surface area (Å²) in [7, 11) is -2.82. The molecule has 2 unspecified atom stereocenters. The van der Waals surface area contributed by atoms with Crippen LogP contribution in [0.2, 0.25) is 0 Å². The highest BCUT2D eigenvalue weighted by Gasteiger charge is 2.48. The second kappa shape index (κ2) is 6.35. The van der Waals surface area contributed by atoms with Gasteiger partial charge in [0.2, 0.25) is 0 Å². The number of hydrogen-bond donors (Lipinski definition) is 1. The van der Waals surface area contributed by atoms with Gasteiger partial charge < -0.3 is 10.1 Å². The highest BCUT2D eigenvalue weighted by molar-refractivity contribution is 7.91. The summed E-state index contributed by atoms with van der Waals surface area (Å²) < 4.78 is 28.4. The number of rotatable bonds is 8. The molecule has 18 heavy (non-hydrogen) atoms. The molecule has 0 heterocycles. The third-order valence-corrected chi connectivity index (χ3v) is 5.80. The Labute approximate surface area is 111 Å². The van der Waals surface area contributed by atoms with Crippen LogP contribution in [0.25, 0.3) is 0 Å². The second-order valence-electron chi connectivity index (χ2n) is 5.60. The van der Waals surface area contributed by atoms with Crippen LogP contribution >= 0.6 is 0 Å². The van der Waals surface area contributed by atoms with Gasteiger partial charge in [-0.2, -0.15) is 0 Å². The molecular formula is C13H27NO3S. The average Bonchev–Trinajstić information content (AvgIpc) is 2.31. The van der Waals surface area contributed by atoms with Gasteiger partial charge in [0, 0.05) is 23.8 Å². The van der Waals surface area contributed by atoms with E-state index in [1.807, 2.05) is 6.92 Å². The Balaban J connectivity index is 2.22. The largest absolute Gasteiger partial charge is 0.378 e. The molecule has 1 N–H and O–H groups in total. The Morgan fingerprint density at radius 1 is 1.33 bits per heavy atom. The highest BCUT2D eigenvalue weighted by atomic mass is 32.2. The Morgan fingerprint density at radius 3 is 2.50 bits per heavy atom. The quantitative estimate of drug-likeness (QED) is 0.685. The monoisotopic (exact) mass is 277 g/mol. The van der Waals surface area contributed by atoms with Crippen LogP contribution in [0.3, 0.4) is 0 Å². The molecule has 1 saturated carbocycles. The second-order valence-corrected chi connectivity index (χ2v) is 8.07. The Kier molecular flexibility index (Phi) is 5.62. The average molecular weight is 277 g/mol. The lowest BCUT2D eigenvalue weighted by Gasteiger charge is -2.52. The topological polar surface area (TPSA) is 55.4 Å². The lowest BCUT2D eigenvalue weighted by atomic mass is 9.64. The van der Waals surface area contributed by atoms with E-state index in [2.05, 4.69) is 19.2 Å². The summed E-state index contributed by atoms with van der Waals surface area (Å²) in [6, 6.07) is 0.443. The first-order valence-corrected chi connectivity index (χ1v) is 8.71. The van der Waals surface area contributed by atoms with Crippen LogP contribution in [0.15, 0.2) is 0 Å². The van der Waals surface area contributed by atoms with Gasteiger partial charge in [-0.15, -0.1) is 0 Å². The molecule has 0 aliphatic heterocycles.